The number of hydrogen-bond acceptors (Lipinski definition) is 3. The number of pyridine rings is 1. The number of rotatable bonds is 1. The number of imidazole rings is 1. The number of hydrogen-bond donors (Lipinski definition) is 1. The van der Waals surface area contributed by atoms with Gasteiger partial charge in [0.2, 0.25) is 0 Å². The highest BCUT2D eigenvalue weighted by atomic mass is 15.0. The van der Waals surface area contributed by atoms with Crippen molar-refractivity contribution in [3.63, 3.8) is 0 Å². The molecule has 4 nitrogen and oxygen atoms in total. The molecular weight excluding hydrogens is 164 g/mol. The van der Waals surface area contributed by atoms with Crippen molar-refractivity contribution in [3.05, 3.63) is 23.8 Å². The van der Waals surface area contributed by atoms with E-state index in [9.17, 15) is 0 Å². The Morgan fingerprint density at radius 1 is 1.54 bits per heavy atom. The molecule has 2 aromatic rings. The molecule has 68 valence electrons. The summed E-state index contributed by atoms with van der Waals surface area (Å²) in [6.45, 7) is 2.44. The molecule has 2 N–H and O–H groups in total. The van der Waals surface area contributed by atoms with Gasteiger partial charge in [-0.3, -0.25) is 4.98 Å². The Labute approximate surface area is 76.4 Å². The second-order valence-corrected chi connectivity index (χ2v) is 3.13. The van der Waals surface area contributed by atoms with E-state index < -0.39 is 0 Å². The van der Waals surface area contributed by atoms with Gasteiger partial charge in [-0.25, -0.2) is 4.98 Å². The number of aryl methyl sites for hydroxylation is 2. The summed E-state index contributed by atoms with van der Waals surface area (Å²) < 4.78 is 1.97. The van der Waals surface area contributed by atoms with Gasteiger partial charge in [-0.05, 0) is 13.0 Å². The van der Waals surface area contributed by atoms with Gasteiger partial charge in [0.15, 0.2) is 0 Å². The van der Waals surface area contributed by atoms with Crippen LogP contribution < -0.4 is 5.73 Å². The smallest absolute Gasteiger partial charge is 0.0956 e. The molecule has 0 saturated carbocycles. The van der Waals surface area contributed by atoms with Gasteiger partial charge in [0.25, 0.3) is 0 Å². The van der Waals surface area contributed by atoms with Crippen LogP contribution in [-0.2, 0) is 13.6 Å². The SMILES string of the molecule is Cc1nc(CN)cc2ncn(C)c12. The van der Waals surface area contributed by atoms with Gasteiger partial charge >= 0.3 is 0 Å². The molecular formula is C9H12N4. The highest BCUT2D eigenvalue weighted by Crippen LogP contribution is 2.15. The molecule has 0 saturated heterocycles. The summed E-state index contributed by atoms with van der Waals surface area (Å²) in [6.07, 6.45) is 1.79. The molecule has 4 heteroatoms. The summed E-state index contributed by atoms with van der Waals surface area (Å²) in [4.78, 5) is 8.62. The molecule has 0 fully saturated rings. The van der Waals surface area contributed by atoms with Crippen molar-refractivity contribution in [3.8, 4) is 0 Å². The maximum Gasteiger partial charge on any atom is 0.0956 e. The van der Waals surface area contributed by atoms with E-state index in [0.717, 1.165) is 22.4 Å². The average molecular weight is 176 g/mol. The van der Waals surface area contributed by atoms with Gasteiger partial charge in [0.1, 0.15) is 0 Å². The topological polar surface area (TPSA) is 56.7 Å². The maximum absolute atomic E-state index is 5.52. The van der Waals surface area contributed by atoms with Crippen LogP contribution in [0.3, 0.4) is 0 Å². The van der Waals surface area contributed by atoms with Gasteiger partial charge in [0.05, 0.1) is 28.7 Å². The number of aromatic nitrogens is 3. The molecule has 0 aliphatic heterocycles. The van der Waals surface area contributed by atoms with Crippen molar-refractivity contribution in [2.45, 2.75) is 13.5 Å². The van der Waals surface area contributed by atoms with Crippen LogP contribution in [0.4, 0.5) is 0 Å². The molecule has 0 bridgehead atoms. The zero-order chi connectivity index (χ0) is 9.42. The second-order valence-electron chi connectivity index (χ2n) is 3.13. The van der Waals surface area contributed by atoms with E-state index in [1.54, 1.807) is 6.33 Å². The molecule has 0 aliphatic rings. The molecule has 0 amide bonds. The first-order valence-electron chi connectivity index (χ1n) is 4.20. The Hall–Kier alpha value is -1.42. The molecule has 13 heavy (non-hydrogen) atoms. The van der Waals surface area contributed by atoms with E-state index >= 15 is 0 Å². The van der Waals surface area contributed by atoms with E-state index in [2.05, 4.69) is 9.97 Å². The van der Waals surface area contributed by atoms with Crippen LogP contribution in [0.2, 0.25) is 0 Å². The van der Waals surface area contributed by atoms with E-state index in [1.165, 1.54) is 0 Å². The first-order valence-corrected chi connectivity index (χ1v) is 4.20. The van der Waals surface area contributed by atoms with Gasteiger partial charge in [-0.1, -0.05) is 0 Å². The predicted octanol–water partition coefficient (Wildman–Crippen LogP) is 0.735. The Balaban J connectivity index is 2.79. The molecule has 0 aliphatic carbocycles. The first kappa shape index (κ1) is 8.19. The summed E-state index contributed by atoms with van der Waals surface area (Å²) in [7, 11) is 1.96. The molecule has 0 atom stereocenters. The largest absolute Gasteiger partial charge is 0.332 e. The predicted molar refractivity (Wildman–Crippen MR) is 51.1 cm³/mol. The van der Waals surface area contributed by atoms with E-state index in [0.29, 0.717) is 6.54 Å². The highest BCUT2D eigenvalue weighted by molar-refractivity contribution is 5.77. The third kappa shape index (κ3) is 1.19. The van der Waals surface area contributed by atoms with E-state index in [-0.39, 0.29) is 0 Å². The lowest BCUT2D eigenvalue weighted by Gasteiger charge is -2.01. The summed E-state index contributed by atoms with van der Waals surface area (Å²) in [6, 6.07) is 1.93. The molecule has 0 aromatic carbocycles. The summed E-state index contributed by atoms with van der Waals surface area (Å²) in [5, 5.41) is 0. The quantitative estimate of drug-likeness (QED) is 0.697. The van der Waals surface area contributed by atoms with Gasteiger partial charge in [-0.15, -0.1) is 0 Å². The molecule has 0 unspecified atom stereocenters. The molecule has 2 heterocycles. The second kappa shape index (κ2) is 2.81. The van der Waals surface area contributed by atoms with E-state index in [1.807, 2.05) is 24.6 Å². The fraction of sp³-hybridized carbons (Fsp3) is 0.333. The van der Waals surface area contributed by atoms with Gasteiger partial charge in [0, 0.05) is 13.6 Å². The van der Waals surface area contributed by atoms with Crippen LogP contribution in [0.15, 0.2) is 12.4 Å². The number of fused-ring (bicyclic) bond motifs is 1. The Bertz CT molecular complexity index is 444. The van der Waals surface area contributed by atoms with Gasteiger partial charge in [-0.2, -0.15) is 0 Å². The third-order valence-electron chi connectivity index (χ3n) is 2.13. The molecule has 2 aromatic heterocycles. The van der Waals surface area contributed by atoms with Gasteiger partial charge < -0.3 is 10.3 Å². The zero-order valence-corrected chi connectivity index (χ0v) is 7.78. The Morgan fingerprint density at radius 2 is 2.31 bits per heavy atom. The fourth-order valence-corrected chi connectivity index (χ4v) is 1.56. The summed E-state index contributed by atoms with van der Waals surface area (Å²) in [5.74, 6) is 0. The van der Waals surface area contributed by atoms with Crippen molar-refractivity contribution in [2.24, 2.45) is 12.8 Å². The van der Waals surface area contributed by atoms with Crippen LogP contribution in [0.1, 0.15) is 11.4 Å². The average Bonchev–Trinajstić information content (AvgIpc) is 2.48. The number of nitrogens with two attached hydrogens (primary N) is 1. The van der Waals surface area contributed by atoms with E-state index in [4.69, 9.17) is 5.73 Å². The van der Waals surface area contributed by atoms with Crippen LogP contribution in [0.5, 0.6) is 0 Å². The van der Waals surface area contributed by atoms with Crippen molar-refractivity contribution >= 4 is 11.0 Å². The van der Waals surface area contributed by atoms with Crippen LogP contribution in [0, 0.1) is 6.92 Å². The highest BCUT2D eigenvalue weighted by Gasteiger charge is 2.05. The van der Waals surface area contributed by atoms with Crippen LogP contribution in [-0.4, -0.2) is 14.5 Å². The zero-order valence-electron chi connectivity index (χ0n) is 7.78. The maximum atomic E-state index is 5.52. The van der Waals surface area contributed by atoms with Crippen molar-refractivity contribution in [2.75, 3.05) is 0 Å². The lowest BCUT2D eigenvalue weighted by Crippen LogP contribution is -2.01. The molecule has 0 radical (unpaired) electrons. The normalized spacial score (nSPS) is 11.0. The lowest BCUT2D eigenvalue weighted by molar-refractivity contribution is 0.927. The Kier molecular flexibility index (Phi) is 1.77. The minimum Gasteiger partial charge on any atom is -0.332 e. The van der Waals surface area contributed by atoms with Crippen molar-refractivity contribution < 1.29 is 0 Å². The fourth-order valence-electron chi connectivity index (χ4n) is 1.56. The Morgan fingerprint density at radius 3 is 3.00 bits per heavy atom. The summed E-state index contributed by atoms with van der Waals surface area (Å²) in [5.41, 5.74) is 9.44. The number of nitrogens with zero attached hydrogens (tertiary/aromatic N) is 3. The lowest BCUT2D eigenvalue weighted by atomic mass is 10.2. The molecule has 0 spiro atoms. The standard InChI is InChI=1S/C9H12N4/c1-6-9-8(11-5-13(9)2)3-7(4-10)12-6/h3,5H,4,10H2,1-2H3. The first-order chi connectivity index (χ1) is 6.22. The van der Waals surface area contributed by atoms with Crippen LogP contribution in [0.25, 0.3) is 11.0 Å². The minimum absolute atomic E-state index is 0.466. The third-order valence-corrected chi connectivity index (χ3v) is 2.13. The summed E-state index contributed by atoms with van der Waals surface area (Å²) >= 11 is 0. The minimum atomic E-state index is 0.466. The monoisotopic (exact) mass is 176 g/mol. The molecule has 2 rings (SSSR count). The van der Waals surface area contributed by atoms with Crippen LogP contribution >= 0.6 is 0 Å². The van der Waals surface area contributed by atoms with Crippen molar-refractivity contribution in [1.82, 2.24) is 14.5 Å². The van der Waals surface area contributed by atoms with Crippen molar-refractivity contribution in [1.29, 1.82) is 0 Å².